The molecule has 1 aliphatic heterocycles. The molecule has 0 spiro atoms. The maximum atomic E-state index is 12.3. The number of aromatic carboxylic acids is 1. The molecule has 33 heavy (non-hydrogen) atoms. The summed E-state index contributed by atoms with van der Waals surface area (Å²) >= 11 is 12.5. The molecule has 1 saturated heterocycles. The summed E-state index contributed by atoms with van der Waals surface area (Å²) in [5.41, 5.74) is 3.19. The third-order valence-electron chi connectivity index (χ3n) is 5.94. The van der Waals surface area contributed by atoms with Crippen molar-refractivity contribution in [2.24, 2.45) is 0 Å². The van der Waals surface area contributed by atoms with Gasteiger partial charge in [-0.3, -0.25) is 4.98 Å². The van der Waals surface area contributed by atoms with Crippen molar-refractivity contribution < 1.29 is 14.6 Å². The molecular weight excluding hydrogens is 463 g/mol. The van der Waals surface area contributed by atoms with Crippen molar-refractivity contribution in [3.8, 4) is 5.75 Å². The van der Waals surface area contributed by atoms with Crippen LogP contribution < -0.4 is 15.0 Å². The molecule has 174 valence electrons. The van der Waals surface area contributed by atoms with Gasteiger partial charge in [-0.15, -0.1) is 0 Å². The maximum Gasteiger partial charge on any atom is 0.339 e. The molecule has 3 aromatic rings. The number of anilines is 3. The number of carbonyl (C=O) groups is 1. The zero-order chi connectivity index (χ0) is 23.7. The first kappa shape index (κ1) is 23.4. The van der Waals surface area contributed by atoms with Crippen molar-refractivity contribution in [2.75, 3.05) is 50.6 Å². The number of nitrogens with zero attached hydrogens (tertiary/aromatic N) is 3. The Morgan fingerprint density at radius 2 is 1.91 bits per heavy atom. The molecule has 0 unspecified atom stereocenters. The van der Waals surface area contributed by atoms with E-state index in [1.54, 1.807) is 25.3 Å². The lowest BCUT2D eigenvalue weighted by molar-refractivity contribution is 0.0696. The number of nitrogens with one attached hydrogen (secondary N) is 1. The number of ether oxygens (including phenoxy) is 1. The number of fused-ring (bicyclic) bond motifs is 1. The van der Waals surface area contributed by atoms with Crippen molar-refractivity contribution in [3.63, 3.8) is 0 Å². The van der Waals surface area contributed by atoms with Crippen LogP contribution in [0.15, 0.2) is 30.3 Å². The lowest BCUT2D eigenvalue weighted by atomic mass is 10.0. The van der Waals surface area contributed by atoms with Crippen LogP contribution >= 0.6 is 23.2 Å². The maximum absolute atomic E-state index is 12.3. The number of likely N-dealkylation sites (N-methyl/N-ethyl adjacent to an activating group) is 1. The van der Waals surface area contributed by atoms with Gasteiger partial charge in [0.1, 0.15) is 11.3 Å². The minimum Gasteiger partial charge on any atom is -0.495 e. The van der Waals surface area contributed by atoms with Gasteiger partial charge >= 0.3 is 5.97 Å². The standard InChI is InChI=1S/C24H26Cl2N4O3/c1-4-17-22(24(31)32)23(28-18-6-5-14(25)11-16(18)26)15-12-20(21(33-3)13-19(15)27-17)30-9-7-29(2)8-10-30/h5-6,11-13H,4,7-10H2,1-3H3,(H,27,28)(H,31,32). The molecule has 4 rings (SSSR count). The van der Waals surface area contributed by atoms with Gasteiger partial charge in [0.15, 0.2) is 0 Å². The second-order valence-electron chi connectivity index (χ2n) is 8.05. The van der Waals surface area contributed by atoms with E-state index in [1.165, 1.54) is 0 Å². The Balaban J connectivity index is 1.95. The van der Waals surface area contributed by atoms with E-state index in [2.05, 4.69) is 27.1 Å². The summed E-state index contributed by atoms with van der Waals surface area (Å²) in [4.78, 5) is 21.6. The fourth-order valence-corrected chi connectivity index (χ4v) is 4.59. The number of methoxy groups -OCH3 is 1. The molecule has 0 atom stereocenters. The van der Waals surface area contributed by atoms with Crippen LogP contribution in [0.25, 0.3) is 10.9 Å². The third kappa shape index (κ3) is 4.67. The van der Waals surface area contributed by atoms with Crippen LogP contribution in [0.2, 0.25) is 10.0 Å². The molecule has 9 heteroatoms. The van der Waals surface area contributed by atoms with Crippen LogP contribution in [-0.4, -0.2) is 61.3 Å². The molecule has 2 aromatic carbocycles. The largest absolute Gasteiger partial charge is 0.495 e. The van der Waals surface area contributed by atoms with Gasteiger partial charge in [-0.1, -0.05) is 30.1 Å². The van der Waals surface area contributed by atoms with Gasteiger partial charge in [-0.2, -0.15) is 0 Å². The van der Waals surface area contributed by atoms with E-state index < -0.39 is 5.97 Å². The fourth-order valence-electron chi connectivity index (χ4n) is 4.13. The van der Waals surface area contributed by atoms with E-state index in [4.69, 9.17) is 27.9 Å². The number of hydrogen-bond donors (Lipinski definition) is 2. The van der Waals surface area contributed by atoms with E-state index in [9.17, 15) is 9.90 Å². The van der Waals surface area contributed by atoms with Crippen LogP contribution in [-0.2, 0) is 6.42 Å². The number of aryl methyl sites for hydroxylation is 1. The summed E-state index contributed by atoms with van der Waals surface area (Å²) in [5.74, 6) is -0.342. The number of halogens is 2. The summed E-state index contributed by atoms with van der Waals surface area (Å²) in [7, 11) is 3.74. The highest BCUT2D eigenvalue weighted by Gasteiger charge is 2.24. The number of aromatic nitrogens is 1. The predicted molar refractivity (Wildman–Crippen MR) is 134 cm³/mol. The summed E-state index contributed by atoms with van der Waals surface area (Å²) in [5, 5.41) is 14.9. The monoisotopic (exact) mass is 488 g/mol. The smallest absolute Gasteiger partial charge is 0.339 e. The molecule has 0 saturated carbocycles. The highest BCUT2D eigenvalue weighted by Crippen LogP contribution is 2.40. The van der Waals surface area contributed by atoms with Crippen LogP contribution in [0.4, 0.5) is 17.1 Å². The summed E-state index contributed by atoms with van der Waals surface area (Å²) in [6, 6.07) is 8.90. The lowest BCUT2D eigenvalue weighted by Gasteiger charge is -2.35. The van der Waals surface area contributed by atoms with Crippen LogP contribution in [0, 0.1) is 0 Å². The van der Waals surface area contributed by atoms with Gasteiger partial charge in [-0.05, 0) is 37.7 Å². The molecule has 1 aromatic heterocycles. The molecule has 2 N–H and O–H groups in total. The van der Waals surface area contributed by atoms with E-state index >= 15 is 0 Å². The van der Waals surface area contributed by atoms with E-state index in [0.717, 1.165) is 31.9 Å². The number of carboxylic acid groups (broad SMARTS) is 1. The second kappa shape index (κ2) is 9.63. The van der Waals surface area contributed by atoms with Crippen LogP contribution in [0.1, 0.15) is 23.0 Å². The molecule has 0 aliphatic carbocycles. The quantitative estimate of drug-likeness (QED) is 0.486. The van der Waals surface area contributed by atoms with Crippen molar-refractivity contribution in [2.45, 2.75) is 13.3 Å². The molecule has 0 radical (unpaired) electrons. The number of rotatable bonds is 6. The van der Waals surface area contributed by atoms with Gasteiger partial charge < -0.3 is 25.0 Å². The number of benzene rings is 2. The van der Waals surface area contributed by atoms with E-state index in [1.807, 2.05) is 19.1 Å². The summed E-state index contributed by atoms with van der Waals surface area (Å²) in [6.07, 6.45) is 0.461. The Kier molecular flexibility index (Phi) is 6.83. The van der Waals surface area contributed by atoms with Crippen molar-refractivity contribution >= 4 is 57.1 Å². The van der Waals surface area contributed by atoms with Gasteiger partial charge in [-0.25, -0.2) is 4.79 Å². The van der Waals surface area contributed by atoms with Crippen molar-refractivity contribution in [3.05, 3.63) is 51.6 Å². The molecule has 0 bridgehead atoms. The molecule has 0 amide bonds. The number of hydrogen-bond acceptors (Lipinski definition) is 6. The van der Waals surface area contributed by atoms with Crippen LogP contribution in [0.3, 0.4) is 0 Å². The first-order valence-electron chi connectivity index (χ1n) is 10.8. The Hall–Kier alpha value is -2.74. The first-order chi connectivity index (χ1) is 15.8. The zero-order valence-electron chi connectivity index (χ0n) is 18.8. The summed E-state index contributed by atoms with van der Waals surface area (Å²) < 4.78 is 5.71. The van der Waals surface area contributed by atoms with Crippen LogP contribution in [0.5, 0.6) is 5.75 Å². The lowest BCUT2D eigenvalue weighted by Crippen LogP contribution is -2.44. The average Bonchev–Trinajstić information content (AvgIpc) is 2.79. The third-order valence-corrected chi connectivity index (χ3v) is 6.49. The molecule has 1 aliphatic rings. The molecule has 1 fully saturated rings. The Morgan fingerprint density at radius 3 is 2.52 bits per heavy atom. The predicted octanol–water partition coefficient (Wildman–Crippen LogP) is 5.31. The Bertz CT molecular complexity index is 1210. The van der Waals surface area contributed by atoms with E-state index in [0.29, 0.717) is 50.2 Å². The fraction of sp³-hybridized carbons (Fsp3) is 0.333. The topological polar surface area (TPSA) is 77.9 Å². The normalized spacial score (nSPS) is 14.5. The number of pyridine rings is 1. The highest BCUT2D eigenvalue weighted by molar-refractivity contribution is 6.36. The molecule has 7 nitrogen and oxygen atoms in total. The van der Waals surface area contributed by atoms with Gasteiger partial charge in [0.05, 0.1) is 40.4 Å². The summed E-state index contributed by atoms with van der Waals surface area (Å²) in [6.45, 7) is 5.43. The minimum atomic E-state index is -1.05. The number of piperazine rings is 1. The zero-order valence-corrected chi connectivity index (χ0v) is 20.3. The Labute approximate surface area is 202 Å². The van der Waals surface area contributed by atoms with Crippen molar-refractivity contribution in [1.82, 2.24) is 9.88 Å². The number of carboxylic acids is 1. The van der Waals surface area contributed by atoms with Gasteiger partial charge in [0, 0.05) is 42.7 Å². The highest BCUT2D eigenvalue weighted by atomic mass is 35.5. The molecule has 2 heterocycles. The van der Waals surface area contributed by atoms with Gasteiger partial charge in [0.2, 0.25) is 0 Å². The minimum absolute atomic E-state index is 0.130. The first-order valence-corrected chi connectivity index (χ1v) is 11.5. The Morgan fingerprint density at radius 1 is 1.18 bits per heavy atom. The van der Waals surface area contributed by atoms with E-state index in [-0.39, 0.29) is 5.56 Å². The SMILES string of the molecule is CCc1nc2cc(OC)c(N3CCN(C)CC3)cc2c(Nc2ccc(Cl)cc2Cl)c1C(=O)O. The average molecular weight is 489 g/mol. The van der Waals surface area contributed by atoms with Gasteiger partial charge in [0.25, 0.3) is 0 Å². The van der Waals surface area contributed by atoms with Crippen molar-refractivity contribution in [1.29, 1.82) is 0 Å². The molecular formula is C24H26Cl2N4O3. The second-order valence-corrected chi connectivity index (χ2v) is 8.89.